The fourth-order valence-electron chi connectivity index (χ4n) is 1.62. The molecule has 0 bridgehead atoms. The van der Waals surface area contributed by atoms with Crippen LogP contribution in [-0.4, -0.2) is 23.4 Å². The number of ether oxygens (including phenoxy) is 2. The van der Waals surface area contributed by atoms with E-state index in [2.05, 4.69) is 0 Å². The van der Waals surface area contributed by atoms with Crippen LogP contribution in [0.4, 0.5) is 0 Å². The highest BCUT2D eigenvalue weighted by Gasteiger charge is 2.30. The van der Waals surface area contributed by atoms with Gasteiger partial charge in [0.1, 0.15) is 29.8 Å². The van der Waals surface area contributed by atoms with E-state index in [0.29, 0.717) is 0 Å². The van der Waals surface area contributed by atoms with E-state index in [9.17, 15) is 5.11 Å². The predicted octanol–water partition coefficient (Wildman–Crippen LogP) is 3.70. The summed E-state index contributed by atoms with van der Waals surface area (Å²) in [5.74, 6) is 1.47. The quantitative estimate of drug-likeness (QED) is 0.609. The minimum absolute atomic E-state index is 0.184. The molecule has 0 heterocycles. The number of aliphatic hydroxyl groups is 1. The Balaban J connectivity index is 2.58. The van der Waals surface area contributed by atoms with Crippen molar-refractivity contribution in [3.8, 4) is 5.75 Å². The van der Waals surface area contributed by atoms with Crippen LogP contribution in [0.25, 0.3) is 0 Å². The van der Waals surface area contributed by atoms with Gasteiger partial charge in [-0.25, -0.2) is 0 Å². The zero-order valence-electron chi connectivity index (χ0n) is 12.7. The molecular weight excluding hydrogens is 252 g/mol. The van der Waals surface area contributed by atoms with Crippen molar-refractivity contribution < 1.29 is 14.6 Å². The minimum Gasteiger partial charge on any atom is -0.491 e. The topological polar surface area (TPSA) is 38.7 Å². The summed E-state index contributed by atoms with van der Waals surface area (Å²) in [4.78, 5) is 0. The monoisotopic (exact) mass is 276 g/mol. The Morgan fingerprint density at radius 1 is 1.25 bits per heavy atom. The lowest BCUT2D eigenvalue weighted by Gasteiger charge is -2.31. The first kappa shape index (κ1) is 16.3. The molecule has 3 nitrogen and oxygen atoms in total. The van der Waals surface area contributed by atoms with Crippen molar-refractivity contribution in [2.24, 2.45) is 0 Å². The first-order chi connectivity index (χ1) is 9.49. The van der Waals surface area contributed by atoms with E-state index in [1.165, 1.54) is 0 Å². The summed E-state index contributed by atoms with van der Waals surface area (Å²) < 4.78 is 11.4. The summed E-state index contributed by atoms with van der Waals surface area (Å²) in [5, 5.41) is 10.2. The highest BCUT2D eigenvalue weighted by atomic mass is 16.5. The van der Waals surface area contributed by atoms with Gasteiger partial charge in [0.2, 0.25) is 0 Å². The van der Waals surface area contributed by atoms with Crippen molar-refractivity contribution in [2.75, 3.05) is 6.61 Å². The largest absolute Gasteiger partial charge is 0.491 e. The number of para-hydroxylation sites is 1. The maximum Gasteiger partial charge on any atom is 0.132 e. The van der Waals surface area contributed by atoms with E-state index < -0.39 is 11.7 Å². The van der Waals surface area contributed by atoms with Gasteiger partial charge in [0, 0.05) is 0 Å². The molecule has 0 aliphatic carbocycles. The van der Waals surface area contributed by atoms with E-state index in [0.717, 1.165) is 11.5 Å². The van der Waals surface area contributed by atoms with Gasteiger partial charge in [0.15, 0.2) is 0 Å². The number of allylic oxidation sites excluding steroid dienone is 3. The van der Waals surface area contributed by atoms with Gasteiger partial charge in [0.05, 0.1) is 0 Å². The van der Waals surface area contributed by atoms with Crippen LogP contribution in [0.1, 0.15) is 27.7 Å². The first-order valence-corrected chi connectivity index (χ1v) is 6.83. The summed E-state index contributed by atoms with van der Waals surface area (Å²) in [6, 6.07) is 9.43. The molecular formula is C17H24O3. The third-order valence-corrected chi connectivity index (χ3v) is 2.95. The van der Waals surface area contributed by atoms with E-state index >= 15 is 0 Å². The van der Waals surface area contributed by atoms with E-state index in [4.69, 9.17) is 9.47 Å². The molecule has 1 atom stereocenters. The number of benzene rings is 1. The van der Waals surface area contributed by atoms with Gasteiger partial charge in [-0.3, -0.25) is 0 Å². The lowest BCUT2D eigenvalue weighted by Crippen LogP contribution is -2.42. The molecule has 0 saturated carbocycles. The molecule has 1 aromatic carbocycles. The second kappa shape index (κ2) is 7.75. The molecule has 0 radical (unpaired) electrons. The van der Waals surface area contributed by atoms with Gasteiger partial charge in [-0.15, -0.1) is 0 Å². The molecule has 0 aromatic heterocycles. The van der Waals surface area contributed by atoms with Crippen molar-refractivity contribution >= 4 is 0 Å². The van der Waals surface area contributed by atoms with Gasteiger partial charge in [-0.1, -0.05) is 24.3 Å². The molecule has 1 N–H and O–H groups in total. The molecule has 1 rings (SSSR count). The molecule has 1 aromatic rings. The number of aliphatic hydroxyl groups excluding tert-OH is 1. The fraction of sp³-hybridized carbons (Fsp3) is 0.412. The average molecular weight is 276 g/mol. The van der Waals surface area contributed by atoms with Crippen molar-refractivity contribution in [3.63, 3.8) is 0 Å². The Morgan fingerprint density at radius 2 is 1.90 bits per heavy atom. The molecule has 0 spiro atoms. The zero-order chi connectivity index (χ0) is 15.0. The smallest absolute Gasteiger partial charge is 0.132 e. The number of rotatable bonds is 7. The first-order valence-electron chi connectivity index (χ1n) is 6.83. The van der Waals surface area contributed by atoms with Crippen molar-refractivity contribution in [1.82, 2.24) is 0 Å². The average Bonchev–Trinajstić information content (AvgIpc) is 2.45. The molecule has 20 heavy (non-hydrogen) atoms. The van der Waals surface area contributed by atoms with Crippen LogP contribution < -0.4 is 4.74 Å². The lowest BCUT2D eigenvalue weighted by atomic mass is 10.0. The summed E-state index contributed by atoms with van der Waals surface area (Å²) in [7, 11) is 0. The number of hydrogen-bond acceptors (Lipinski definition) is 3. The lowest BCUT2D eigenvalue weighted by molar-refractivity contribution is -0.0813. The maximum absolute atomic E-state index is 10.2. The second-order valence-electron chi connectivity index (χ2n) is 5.04. The Morgan fingerprint density at radius 3 is 2.45 bits per heavy atom. The summed E-state index contributed by atoms with van der Waals surface area (Å²) >= 11 is 0. The van der Waals surface area contributed by atoms with Crippen LogP contribution >= 0.6 is 0 Å². The Labute approximate surface area is 121 Å². The molecule has 0 saturated heterocycles. The van der Waals surface area contributed by atoms with Gasteiger partial charge in [-0.2, -0.15) is 0 Å². The summed E-state index contributed by atoms with van der Waals surface area (Å²) in [6.45, 7) is 7.70. The van der Waals surface area contributed by atoms with Crippen molar-refractivity contribution in [3.05, 3.63) is 54.3 Å². The van der Waals surface area contributed by atoms with Crippen molar-refractivity contribution in [1.29, 1.82) is 0 Å². The predicted molar refractivity (Wildman–Crippen MR) is 81.7 cm³/mol. The molecule has 0 amide bonds. The van der Waals surface area contributed by atoms with Gasteiger partial charge >= 0.3 is 0 Å². The van der Waals surface area contributed by atoms with Gasteiger partial charge in [0.25, 0.3) is 0 Å². The summed E-state index contributed by atoms with van der Waals surface area (Å²) in [5.41, 5.74) is -0.726. The van der Waals surface area contributed by atoms with Crippen molar-refractivity contribution in [2.45, 2.75) is 39.4 Å². The van der Waals surface area contributed by atoms with Gasteiger partial charge in [-0.05, 0) is 52.0 Å². The van der Waals surface area contributed by atoms with Crippen LogP contribution in [0.2, 0.25) is 0 Å². The third kappa shape index (κ3) is 5.10. The van der Waals surface area contributed by atoms with E-state index in [1.54, 1.807) is 0 Å². The second-order valence-corrected chi connectivity index (χ2v) is 5.04. The van der Waals surface area contributed by atoms with E-state index in [-0.39, 0.29) is 6.61 Å². The summed E-state index contributed by atoms with van der Waals surface area (Å²) in [6.07, 6.45) is 4.90. The van der Waals surface area contributed by atoms with Crippen LogP contribution in [0.5, 0.6) is 5.75 Å². The molecule has 110 valence electrons. The van der Waals surface area contributed by atoms with Crippen LogP contribution in [0.3, 0.4) is 0 Å². The standard InChI is InChI=1S/C17H24O3/c1-5-10-14(6-2)20-17(3,4)16(18)13-19-15-11-8-7-9-12-15/h5-12,16,18H,13H2,1-4H3/b10-5-,14-6+. The molecule has 1 unspecified atom stereocenters. The number of hydrogen-bond donors (Lipinski definition) is 1. The zero-order valence-corrected chi connectivity index (χ0v) is 12.7. The highest BCUT2D eigenvalue weighted by Crippen LogP contribution is 2.21. The minimum atomic E-state index is -0.733. The molecule has 0 fully saturated rings. The SMILES string of the molecule is C/C=C\C(=C/C)OC(C)(C)C(O)COc1ccccc1. The molecule has 0 aliphatic heterocycles. The molecule has 3 heteroatoms. The fourth-order valence-corrected chi connectivity index (χ4v) is 1.62. The maximum atomic E-state index is 10.2. The molecule has 0 aliphatic rings. The van der Waals surface area contributed by atoms with E-state index in [1.807, 2.05) is 76.3 Å². The van der Waals surface area contributed by atoms with Crippen LogP contribution in [0.15, 0.2) is 54.3 Å². The Hall–Kier alpha value is -1.74. The highest BCUT2D eigenvalue weighted by molar-refractivity contribution is 5.21. The normalized spacial score (nSPS) is 14.3. The Kier molecular flexibility index (Phi) is 6.32. The van der Waals surface area contributed by atoms with Crippen LogP contribution in [-0.2, 0) is 4.74 Å². The Bertz CT molecular complexity index is 447. The van der Waals surface area contributed by atoms with Crippen LogP contribution in [0, 0.1) is 0 Å². The van der Waals surface area contributed by atoms with Gasteiger partial charge < -0.3 is 14.6 Å². The third-order valence-electron chi connectivity index (χ3n) is 2.95.